The molecular formula is C17H18BrClOS. The predicted molar refractivity (Wildman–Crippen MR) is 94.4 cm³/mol. The van der Waals surface area contributed by atoms with E-state index in [1.165, 1.54) is 37.0 Å². The second kappa shape index (κ2) is 6.72. The molecule has 1 atom stereocenters. The number of rotatable bonds is 3. The Morgan fingerprint density at radius 3 is 2.76 bits per heavy atom. The monoisotopic (exact) mass is 384 g/mol. The number of benzene rings is 1. The third kappa shape index (κ3) is 3.30. The molecule has 2 aromatic rings. The number of thiophene rings is 1. The second-order valence-corrected chi connectivity index (χ2v) is 7.90. The van der Waals surface area contributed by atoms with Gasteiger partial charge in [-0.15, -0.1) is 11.3 Å². The SMILES string of the molecule is COc1ccc(C(Br)c2cc3c(s2)CCCCC3)c(Cl)c1. The molecule has 0 saturated heterocycles. The van der Waals surface area contributed by atoms with Crippen molar-refractivity contribution in [2.24, 2.45) is 0 Å². The van der Waals surface area contributed by atoms with Crippen molar-refractivity contribution in [2.45, 2.75) is 36.9 Å². The molecule has 0 radical (unpaired) electrons. The summed E-state index contributed by atoms with van der Waals surface area (Å²) < 4.78 is 5.22. The summed E-state index contributed by atoms with van der Waals surface area (Å²) in [6.45, 7) is 0. The molecule has 4 heteroatoms. The zero-order chi connectivity index (χ0) is 14.8. The lowest BCUT2D eigenvalue weighted by Gasteiger charge is -2.11. The lowest BCUT2D eigenvalue weighted by atomic mass is 10.1. The van der Waals surface area contributed by atoms with Gasteiger partial charge >= 0.3 is 0 Å². The van der Waals surface area contributed by atoms with Gasteiger partial charge in [-0.2, -0.15) is 0 Å². The van der Waals surface area contributed by atoms with Crippen LogP contribution in [0.4, 0.5) is 0 Å². The Hall–Kier alpha value is -0.510. The van der Waals surface area contributed by atoms with Crippen LogP contribution in [0, 0.1) is 0 Å². The zero-order valence-electron chi connectivity index (χ0n) is 12.0. The summed E-state index contributed by atoms with van der Waals surface area (Å²) >= 11 is 12.2. The molecule has 0 fully saturated rings. The molecule has 0 N–H and O–H groups in total. The fourth-order valence-corrected chi connectivity index (χ4v) is 5.29. The lowest BCUT2D eigenvalue weighted by Crippen LogP contribution is -1.92. The number of alkyl halides is 1. The highest BCUT2D eigenvalue weighted by Gasteiger charge is 2.20. The van der Waals surface area contributed by atoms with E-state index >= 15 is 0 Å². The summed E-state index contributed by atoms with van der Waals surface area (Å²) in [5.41, 5.74) is 2.65. The second-order valence-electron chi connectivity index (χ2n) is 5.41. The van der Waals surface area contributed by atoms with Gasteiger partial charge in [-0.3, -0.25) is 0 Å². The molecule has 3 rings (SSSR count). The normalized spacial score (nSPS) is 16.1. The Kier molecular flexibility index (Phi) is 4.92. The molecule has 1 heterocycles. The maximum Gasteiger partial charge on any atom is 0.120 e. The van der Waals surface area contributed by atoms with E-state index in [2.05, 4.69) is 22.0 Å². The smallest absolute Gasteiger partial charge is 0.120 e. The van der Waals surface area contributed by atoms with Crippen LogP contribution in [0.5, 0.6) is 5.75 Å². The molecule has 1 aliphatic carbocycles. The first kappa shape index (κ1) is 15.4. The quantitative estimate of drug-likeness (QED) is 0.454. The van der Waals surface area contributed by atoms with Gasteiger partial charge in [0.05, 0.1) is 11.9 Å². The van der Waals surface area contributed by atoms with E-state index in [1.807, 2.05) is 29.5 Å². The number of fused-ring (bicyclic) bond motifs is 1. The van der Waals surface area contributed by atoms with Crippen LogP contribution in [-0.2, 0) is 12.8 Å². The maximum absolute atomic E-state index is 6.40. The zero-order valence-corrected chi connectivity index (χ0v) is 15.2. The van der Waals surface area contributed by atoms with Crippen molar-refractivity contribution in [3.05, 3.63) is 50.2 Å². The van der Waals surface area contributed by atoms with Gasteiger partial charge in [0.15, 0.2) is 0 Å². The standard InChI is InChI=1S/C17H18BrClOS/c1-20-12-7-8-13(14(19)10-12)17(18)16-9-11-5-3-2-4-6-15(11)21-16/h7-10,17H,2-6H2,1H3. The van der Waals surface area contributed by atoms with Crippen molar-refractivity contribution < 1.29 is 4.74 Å². The number of ether oxygens (including phenoxy) is 1. The minimum Gasteiger partial charge on any atom is -0.497 e. The van der Waals surface area contributed by atoms with E-state index in [-0.39, 0.29) is 4.83 Å². The van der Waals surface area contributed by atoms with Gasteiger partial charge in [-0.05, 0) is 55.0 Å². The first-order chi connectivity index (χ1) is 10.2. The Labute approximate surface area is 143 Å². The van der Waals surface area contributed by atoms with E-state index in [1.54, 1.807) is 17.6 Å². The molecule has 1 aromatic carbocycles. The van der Waals surface area contributed by atoms with E-state index in [0.717, 1.165) is 16.3 Å². The van der Waals surface area contributed by atoms with Crippen molar-refractivity contribution in [3.8, 4) is 5.75 Å². The summed E-state index contributed by atoms with van der Waals surface area (Å²) in [6, 6.07) is 8.26. The summed E-state index contributed by atoms with van der Waals surface area (Å²) in [5.74, 6) is 0.797. The highest BCUT2D eigenvalue weighted by molar-refractivity contribution is 9.09. The van der Waals surface area contributed by atoms with Crippen LogP contribution in [0.25, 0.3) is 0 Å². The van der Waals surface area contributed by atoms with Crippen LogP contribution in [-0.4, -0.2) is 7.11 Å². The molecule has 1 unspecified atom stereocenters. The minimum absolute atomic E-state index is 0.160. The summed E-state index contributed by atoms with van der Waals surface area (Å²) in [7, 11) is 1.66. The van der Waals surface area contributed by atoms with Gasteiger partial charge in [-0.1, -0.05) is 40.0 Å². The van der Waals surface area contributed by atoms with Gasteiger partial charge in [0, 0.05) is 14.8 Å². The first-order valence-electron chi connectivity index (χ1n) is 7.28. The third-order valence-corrected chi connectivity index (χ3v) is 6.91. The Balaban J connectivity index is 1.90. The molecule has 21 heavy (non-hydrogen) atoms. The summed E-state index contributed by atoms with van der Waals surface area (Å²) in [6.07, 6.45) is 6.46. The van der Waals surface area contributed by atoms with Crippen LogP contribution in [0.3, 0.4) is 0 Å². The number of aryl methyl sites for hydroxylation is 2. The van der Waals surface area contributed by atoms with E-state index < -0.39 is 0 Å². The van der Waals surface area contributed by atoms with E-state index in [9.17, 15) is 0 Å². The lowest BCUT2D eigenvalue weighted by molar-refractivity contribution is 0.414. The van der Waals surface area contributed by atoms with Crippen molar-refractivity contribution in [3.63, 3.8) is 0 Å². The molecule has 1 aliphatic rings. The summed E-state index contributed by atoms with van der Waals surface area (Å²) in [5, 5.41) is 0.750. The van der Waals surface area contributed by atoms with Gasteiger partial charge in [-0.25, -0.2) is 0 Å². The Morgan fingerprint density at radius 2 is 2.00 bits per heavy atom. The van der Waals surface area contributed by atoms with E-state index in [4.69, 9.17) is 16.3 Å². The molecule has 0 aliphatic heterocycles. The number of methoxy groups -OCH3 is 1. The van der Waals surface area contributed by atoms with Crippen molar-refractivity contribution in [1.29, 1.82) is 0 Å². The number of hydrogen-bond acceptors (Lipinski definition) is 2. The number of halogens is 2. The Bertz CT molecular complexity index is 614. The predicted octanol–water partition coefficient (Wildman–Crippen LogP) is 6.16. The van der Waals surface area contributed by atoms with Gasteiger partial charge in [0.2, 0.25) is 0 Å². The van der Waals surface area contributed by atoms with E-state index in [0.29, 0.717) is 0 Å². The largest absolute Gasteiger partial charge is 0.497 e. The molecule has 0 saturated carbocycles. The fourth-order valence-electron chi connectivity index (χ4n) is 2.81. The molecule has 1 nitrogen and oxygen atoms in total. The average molecular weight is 386 g/mol. The molecule has 0 amide bonds. The van der Waals surface area contributed by atoms with Crippen LogP contribution in [0.1, 0.15) is 45.0 Å². The minimum atomic E-state index is 0.160. The first-order valence-corrected chi connectivity index (χ1v) is 9.39. The highest BCUT2D eigenvalue weighted by atomic mass is 79.9. The fraction of sp³-hybridized carbons (Fsp3) is 0.412. The number of hydrogen-bond donors (Lipinski definition) is 0. The summed E-state index contributed by atoms with van der Waals surface area (Å²) in [4.78, 5) is 3.08. The van der Waals surface area contributed by atoms with Gasteiger partial charge in [0.25, 0.3) is 0 Å². The van der Waals surface area contributed by atoms with Crippen LogP contribution < -0.4 is 4.74 Å². The Morgan fingerprint density at radius 1 is 1.19 bits per heavy atom. The molecule has 0 bridgehead atoms. The van der Waals surface area contributed by atoms with Gasteiger partial charge < -0.3 is 4.74 Å². The molecule has 0 spiro atoms. The van der Waals surface area contributed by atoms with Gasteiger partial charge in [0.1, 0.15) is 5.75 Å². The molecule has 1 aromatic heterocycles. The van der Waals surface area contributed by atoms with Crippen LogP contribution in [0.15, 0.2) is 24.3 Å². The maximum atomic E-state index is 6.40. The van der Waals surface area contributed by atoms with Crippen LogP contribution in [0.2, 0.25) is 5.02 Å². The van der Waals surface area contributed by atoms with Crippen molar-refractivity contribution in [2.75, 3.05) is 7.11 Å². The topological polar surface area (TPSA) is 9.23 Å². The molecule has 112 valence electrons. The van der Waals surface area contributed by atoms with Crippen molar-refractivity contribution in [1.82, 2.24) is 0 Å². The van der Waals surface area contributed by atoms with Crippen molar-refractivity contribution >= 4 is 38.9 Å². The average Bonchev–Trinajstić information content (AvgIpc) is 2.77. The van der Waals surface area contributed by atoms with Crippen LogP contribution >= 0.6 is 38.9 Å². The third-order valence-electron chi connectivity index (χ3n) is 4.00. The molecular weight excluding hydrogens is 368 g/mol. The highest BCUT2D eigenvalue weighted by Crippen LogP contribution is 2.42.